The van der Waals surface area contributed by atoms with Crippen LogP contribution in [0.25, 0.3) is 0 Å². The molecule has 7 heteroatoms. The Morgan fingerprint density at radius 1 is 0.952 bits per heavy atom. The van der Waals surface area contributed by atoms with Gasteiger partial charge in [-0.05, 0) is 91.8 Å². The van der Waals surface area contributed by atoms with Gasteiger partial charge in [-0.1, -0.05) is 66.2 Å². The average molecular weight is 589 g/mol. The minimum absolute atomic E-state index is 0.0406. The number of ether oxygens (including phenoxy) is 1. The quantitative estimate of drug-likeness (QED) is 0.186. The maximum atomic E-state index is 13.1. The van der Waals surface area contributed by atoms with Crippen LogP contribution in [0.3, 0.4) is 0 Å². The summed E-state index contributed by atoms with van der Waals surface area (Å²) in [4.78, 5) is 13.1. The number of fused-ring (bicyclic) bond motifs is 7. The van der Waals surface area contributed by atoms with Gasteiger partial charge in [0.15, 0.2) is 0 Å². The molecule has 1 unspecified atom stereocenters. The van der Waals surface area contributed by atoms with Gasteiger partial charge in [0.2, 0.25) is 0 Å². The van der Waals surface area contributed by atoms with Gasteiger partial charge in [-0.15, -0.1) is 0 Å². The number of carbonyl (C=O) groups is 1. The molecular weight excluding hydrogens is 532 g/mol. The highest BCUT2D eigenvalue weighted by Gasteiger charge is 2.75. The van der Waals surface area contributed by atoms with E-state index in [2.05, 4.69) is 40.7 Å². The topological polar surface area (TPSA) is 127 Å². The van der Waals surface area contributed by atoms with Crippen molar-refractivity contribution in [3.63, 3.8) is 0 Å². The number of aliphatic hydroxyl groups excluding tert-OH is 5. The van der Waals surface area contributed by atoms with Crippen molar-refractivity contribution in [1.29, 1.82) is 0 Å². The molecule has 0 spiro atoms. The van der Waals surface area contributed by atoms with Crippen molar-refractivity contribution in [1.82, 2.24) is 0 Å². The summed E-state index contributed by atoms with van der Waals surface area (Å²) in [5.74, 6) is -0.421. The van der Waals surface area contributed by atoms with Gasteiger partial charge in [0, 0.05) is 11.0 Å². The molecule has 0 saturated heterocycles. The predicted octanol–water partition coefficient (Wildman–Crippen LogP) is 4.54. The van der Waals surface area contributed by atoms with Gasteiger partial charge in [0.1, 0.15) is 6.10 Å². The maximum Gasteiger partial charge on any atom is 0.333 e. The highest BCUT2D eigenvalue weighted by Crippen LogP contribution is 2.75. The second kappa shape index (κ2) is 9.87. The molecule has 0 amide bonds. The second-order valence-corrected chi connectivity index (χ2v) is 16.7. The molecule has 0 aromatic carbocycles. The summed E-state index contributed by atoms with van der Waals surface area (Å²) in [6.45, 7) is 17.9. The Morgan fingerprint density at radius 2 is 1.60 bits per heavy atom. The van der Waals surface area contributed by atoms with E-state index >= 15 is 0 Å². The van der Waals surface area contributed by atoms with Crippen LogP contribution in [0.4, 0.5) is 0 Å². The molecule has 0 aromatic rings. The Labute approximate surface area is 252 Å². The van der Waals surface area contributed by atoms with Gasteiger partial charge in [0.25, 0.3) is 0 Å². The van der Waals surface area contributed by atoms with Crippen LogP contribution < -0.4 is 0 Å². The van der Waals surface area contributed by atoms with E-state index in [-0.39, 0.29) is 28.3 Å². The first-order valence-corrected chi connectivity index (χ1v) is 16.2. The number of carbonyl (C=O) groups excluding carboxylic acids is 1. The molecular formula is C35H56O7. The van der Waals surface area contributed by atoms with E-state index in [9.17, 15) is 30.3 Å². The SMILES string of the molecule is C/C=C(/C)C(=O)O[C@H]1[C@H](O)C(C)(C)C[C@@H]2C3=CC[C@@H]4[C@@]5(C)CC[C@H](O)C(C)(C)C5CC[C@@]4(C)[C@]3(C)[C@@H](O)[C@@H](O)[C@]21CO. The fourth-order valence-corrected chi connectivity index (χ4v) is 11.4. The van der Waals surface area contributed by atoms with Crippen molar-refractivity contribution in [3.05, 3.63) is 23.3 Å². The third kappa shape index (κ3) is 3.79. The molecule has 4 fully saturated rings. The van der Waals surface area contributed by atoms with Gasteiger partial charge in [-0.2, -0.15) is 0 Å². The van der Waals surface area contributed by atoms with E-state index in [0.717, 1.165) is 37.7 Å². The first-order chi connectivity index (χ1) is 19.3. The van der Waals surface area contributed by atoms with Gasteiger partial charge < -0.3 is 30.3 Å². The normalized spacial score (nSPS) is 51.3. The fourth-order valence-electron chi connectivity index (χ4n) is 11.4. The number of allylic oxidation sites excluding steroid dienone is 2. The number of esters is 1. The molecule has 0 aliphatic heterocycles. The van der Waals surface area contributed by atoms with E-state index < -0.39 is 59.2 Å². The zero-order chi connectivity index (χ0) is 31.4. The lowest BCUT2D eigenvalue weighted by Gasteiger charge is -2.73. The highest BCUT2D eigenvalue weighted by molar-refractivity contribution is 5.87. The molecule has 5 aliphatic carbocycles. The fraction of sp³-hybridized carbons (Fsp3) is 0.857. The van der Waals surface area contributed by atoms with Gasteiger partial charge in [0.05, 0.1) is 36.4 Å². The molecule has 5 aliphatic rings. The van der Waals surface area contributed by atoms with Gasteiger partial charge in [-0.25, -0.2) is 4.79 Å². The molecule has 0 aromatic heterocycles. The number of rotatable bonds is 3. The minimum atomic E-state index is -1.45. The number of aliphatic hydroxyl groups is 5. The molecule has 0 bridgehead atoms. The molecule has 5 rings (SSSR count). The molecule has 4 saturated carbocycles. The lowest BCUT2D eigenvalue weighted by atomic mass is 9.32. The largest absolute Gasteiger partial charge is 0.455 e. The Bertz CT molecular complexity index is 1170. The summed E-state index contributed by atoms with van der Waals surface area (Å²) in [7, 11) is 0. The molecule has 0 radical (unpaired) electrons. The van der Waals surface area contributed by atoms with E-state index in [1.807, 2.05) is 13.8 Å². The standard InChI is InChI=1S/C35H56O7/c1-10-19(2)29(41)42-28-27(40)30(3,4)17-21-20-11-12-23-32(7)15-14-24(37)31(5,6)22(32)13-16-33(23,8)34(20,9)25(38)26(39)35(21,28)18-36/h10-11,21-28,36-40H,12-18H2,1-9H3/b19-10-/t21-,22?,23-,24+,25+,26-,27+,28+,32+,33-,34+,35+/m1/s1. The molecule has 0 heterocycles. The summed E-state index contributed by atoms with van der Waals surface area (Å²) in [6.07, 6.45) is 3.34. The van der Waals surface area contributed by atoms with Gasteiger partial charge in [-0.3, -0.25) is 0 Å². The molecule has 5 N–H and O–H groups in total. The third-order valence-corrected chi connectivity index (χ3v) is 14.5. The van der Waals surface area contributed by atoms with Crippen molar-refractivity contribution >= 4 is 5.97 Å². The monoisotopic (exact) mass is 588 g/mol. The lowest BCUT2D eigenvalue weighted by Crippen LogP contribution is -2.76. The summed E-state index contributed by atoms with van der Waals surface area (Å²) in [5, 5.41) is 58.3. The molecule has 12 atom stereocenters. The van der Waals surface area contributed by atoms with E-state index in [1.165, 1.54) is 0 Å². The smallest absolute Gasteiger partial charge is 0.333 e. The van der Waals surface area contributed by atoms with Crippen LogP contribution in [-0.4, -0.2) is 68.6 Å². The molecule has 7 nitrogen and oxygen atoms in total. The zero-order valence-electron chi connectivity index (χ0n) is 27.3. The van der Waals surface area contributed by atoms with Crippen LogP contribution in [0.2, 0.25) is 0 Å². The first kappa shape index (κ1) is 32.2. The second-order valence-electron chi connectivity index (χ2n) is 16.7. The highest BCUT2D eigenvalue weighted by atomic mass is 16.6. The Kier molecular flexibility index (Phi) is 7.56. The van der Waals surface area contributed by atoms with Crippen molar-refractivity contribution in [2.45, 2.75) is 131 Å². The van der Waals surface area contributed by atoms with E-state index in [1.54, 1.807) is 19.9 Å². The predicted molar refractivity (Wildman–Crippen MR) is 161 cm³/mol. The Hall–Kier alpha value is -1.25. The number of hydrogen-bond acceptors (Lipinski definition) is 7. The minimum Gasteiger partial charge on any atom is -0.455 e. The van der Waals surface area contributed by atoms with Crippen molar-refractivity contribution in [2.24, 2.45) is 50.2 Å². The van der Waals surface area contributed by atoms with Crippen LogP contribution in [0, 0.1) is 50.2 Å². The van der Waals surface area contributed by atoms with Crippen molar-refractivity contribution in [3.8, 4) is 0 Å². The van der Waals surface area contributed by atoms with Crippen molar-refractivity contribution in [2.75, 3.05) is 6.61 Å². The third-order valence-electron chi connectivity index (χ3n) is 14.5. The Balaban J connectivity index is 1.67. The Morgan fingerprint density at radius 3 is 2.19 bits per heavy atom. The molecule has 238 valence electrons. The average Bonchev–Trinajstić information content (AvgIpc) is 2.92. The van der Waals surface area contributed by atoms with Crippen LogP contribution in [0.1, 0.15) is 101 Å². The first-order valence-electron chi connectivity index (χ1n) is 16.2. The number of hydrogen-bond donors (Lipinski definition) is 5. The lowest BCUT2D eigenvalue weighted by molar-refractivity contribution is -0.290. The summed E-state index contributed by atoms with van der Waals surface area (Å²) in [5.41, 5.74) is -2.12. The van der Waals surface area contributed by atoms with Crippen molar-refractivity contribution < 1.29 is 35.1 Å². The van der Waals surface area contributed by atoms with Gasteiger partial charge >= 0.3 is 5.97 Å². The summed E-state index contributed by atoms with van der Waals surface area (Å²) in [6, 6.07) is 0. The van der Waals surface area contributed by atoms with Crippen LogP contribution >= 0.6 is 0 Å². The van der Waals surface area contributed by atoms with E-state index in [4.69, 9.17) is 4.74 Å². The van der Waals surface area contributed by atoms with E-state index in [0.29, 0.717) is 17.9 Å². The summed E-state index contributed by atoms with van der Waals surface area (Å²) >= 11 is 0. The summed E-state index contributed by atoms with van der Waals surface area (Å²) < 4.78 is 6.00. The van der Waals surface area contributed by atoms with Crippen LogP contribution in [-0.2, 0) is 9.53 Å². The van der Waals surface area contributed by atoms with Crippen LogP contribution in [0.5, 0.6) is 0 Å². The van der Waals surface area contributed by atoms with Crippen LogP contribution in [0.15, 0.2) is 23.3 Å². The zero-order valence-corrected chi connectivity index (χ0v) is 27.3. The maximum absolute atomic E-state index is 13.1. The molecule has 42 heavy (non-hydrogen) atoms.